The van der Waals surface area contributed by atoms with Crippen molar-refractivity contribution in [2.24, 2.45) is 5.73 Å². The van der Waals surface area contributed by atoms with Gasteiger partial charge >= 0.3 is 0 Å². The number of rotatable bonds is 23. The largest absolute Gasteiger partial charge is 0.382 e. The molecule has 0 amide bonds. The van der Waals surface area contributed by atoms with E-state index in [1.807, 2.05) is 6.92 Å². The molecular weight excluding hydrogens is 414 g/mol. The minimum absolute atomic E-state index is 0.316. The van der Waals surface area contributed by atoms with Crippen molar-refractivity contribution in [3.05, 3.63) is 0 Å². The van der Waals surface area contributed by atoms with E-state index in [4.69, 9.17) is 48.4 Å². The lowest BCUT2D eigenvalue weighted by Gasteiger charge is -2.45. The van der Waals surface area contributed by atoms with Gasteiger partial charge in [-0.2, -0.15) is 0 Å². The highest BCUT2D eigenvalue weighted by Gasteiger charge is 2.48. The maximum absolute atomic E-state index is 6.56. The third kappa shape index (κ3) is 13.3. The maximum atomic E-state index is 6.56. The average Bonchev–Trinajstić information content (AvgIpc) is 2.74. The van der Waals surface area contributed by atoms with Gasteiger partial charge in [0.15, 0.2) is 0 Å². The van der Waals surface area contributed by atoms with Crippen LogP contribution >= 0.6 is 0 Å². The standard InChI is InChI=1S/C19H43NO9Si/c1-5-18(27-15-12-24-9-6-21-2,28-16-13-25-10-7-22-3)19(20,30)29-17-14-26-11-8-23-4/h5-17,20H2,1-4,30H3. The van der Waals surface area contributed by atoms with Gasteiger partial charge in [0.25, 0.3) is 0 Å². The maximum Gasteiger partial charge on any atom is 0.206 e. The highest BCUT2D eigenvalue weighted by Crippen LogP contribution is 2.29. The fourth-order valence-electron chi connectivity index (χ4n) is 2.57. The Kier molecular flexibility index (Phi) is 19.4. The second-order valence-electron chi connectivity index (χ2n) is 6.57. The molecule has 0 spiro atoms. The molecule has 0 heterocycles. The average molecular weight is 458 g/mol. The van der Waals surface area contributed by atoms with Crippen molar-refractivity contribution < 1.29 is 42.6 Å². The Balaban J connectivity index is 4.71. The Morgan fingerprint density at radius 1 is 0.567 bits per heavy atom. The molecule has 10 nitrogen and oxygen atoms in total. The van der Waals surface area contributed by atoms with Gasteiger partial charge in [0.05, 0.1) is 89.5 Å². The molecule has 30 heavy (non-hydrogen) atoms. The van der Waals surface area contributed by atoms with Gasteiger partial charge in [-0.15, -0.1) is 0 Å². The van der Waals surface area contributed by atoms with E-state index < -0.39 is 11.1 Å². The van der Waals surface area contributed by atoms with Crippen LogP contribution in [0.2, 0.25) is 0 Å². The second-order valence-corrected chi connectivity index (χ2v) is 8.06. The number of hydrogen-bond donors (Lipinski definition) is 1. The van der Waals surface area contributed by atoms with Gasteiger partial charge in [0.1, 0.15) is 5.35 Å². The first-order valence-corrected chi connectivity index (χ1v) is 11.4. The van der Waals surface area contributed by atoms with Gasteiger partial charge in [0, 0.05) is 27.8 Å². The number of hydrogen-bond acceptors (Lipinski definition) is 10. The van der Waals surface area contributed by atoms with Crippen LogP contribution < -0.4 is 5.73 Å². The van der Waals surface area contributed by atoms with E-state index >= 15 is 0 Å². The van der Waals surface area contributed by atoms with Crippen LogP contribution in [0.25, 0.3) is 0 Å². The SMILES string of the molecule is CCC(OCCOCCOC)(OCCOCCOC)C(N)([SiH3])OCCOCCOC. The van der Waals surface area contributed by atoms with Crippen LogP contribution in [0, 0.1) is 0 Å². The van der Waals surface area contributed by atoms with Crippen LogP contribution in [-0.2, 0) is 42.6 Å². The number of methoxy groups -OCH3 is 3. The smallest absolute Gasteiger partial charge is 0.206 e. The molecule has 1 unspecified atom stereocenters. The summed E-state index contributed by atoms with van der Waals surface area (Å²) in [6.07, 6.45) is 0.508. The van der Waals surface area contributed by atoms with E-state index in [0.29, 0.717) is 95.9 Å². The first-order chi connectivity index (χ1) is 14.5. The molecule has 0 aliphatic heterocycles. The summed E-state index contributed by atoms with van der Waals surface area (Å²) < 4.78 is 49.5. The van der Waals surface area contributed by atoms with E-state index in [2.05, 4.69) is 0 Å². The van der Waals surface area contributed by atoms with E-state index in [1.165, 1.54) is 0 Å². The molecule has 182 valence electrons. The number of ether oxygens (including phenoxy) is 9. The zero-order valence-corrected chi connectivity index (χ0v) is 21.4. The van der Waals surface area contributed by atoms with Crippen molar-refractivity contribution in [1.82, 2.24) is 0 Å². The molecule has 0 radical (unpaired) electrons. The summed E-state index contributed by atoms with van der Waals surface area (Å²) in [4.78, 5) is 0. The second kappa shape index (κ2) is 19.5. The fourth-order valence-corrected chi connectivity index (χ4v) is 3.42. The summed E-state index contributed by atoms with van der Waals surface area (Å²) in [5.74, 6) is -1.11. The highest BCUT2D eigenvalue weighted by molar-refractivity contribution is 6.14. The Hall–Kier alpha value is -0.183. The van der Waals surface area contributed by atoms with Crippen LogP contribution in [0.1, 0.15) is 13.3 Å². The lowest BCUT2D eigenvalue weighted by atomic mass is 10.1. The summed E-state index contributed by atoms with van der Waals surface area (Å²) in [5.41, 5.74) is 6.56. The molecule has 0 aliphatic rings. The van der Waals surface area contributed by atoms with E-state index in [-0.39, 0.29) is 0 Å². The molecule has 11 heteroatoms. The van der Waals surface area contributed by atoms with E-state index in [1.54, 1.807) is 21.3 Å². The Morgan fingerprint density at radius 3 is 1.23 bits per heavy atom. The third-order valence-corrected chi connectivity index (χ3v) is 5.32. The monoisotopic (exact) mass is 457 g/mol. The van der Waals surface area contributed by atoms with Gasteiger partial charge in [-0.1, -0.05) is 6.92 Å². The Bertz CT molecular complexity index is 362. The van der Waals surface area contributed by atoms with Gasteiger partial charge in [0.2, 0.25) is 5.79 Å². The van der Waals surface area contributed by atoms with Crippen LogP contribution in [0.3, 0.4) is 0 Å². The Labute approximate surface area is 184 Å². The fraction of sp³-hybridized carbons (Fsp3) is 1.00. The van der Waals surface area contributed by atoms with Crippen molar-refractivity contribution in [2.45, 2.75) is 24.5 Å². The van der Waals surface area contributed by atoms with Crippen LogP contribution in [0.15, 0.2) is 0 Å². The third-order valence-electron chi connectivity index (χ3n) is 4.27. The lowest BCUT2D eigenvalue weighted by molar-refractivity contribution is -0.313. The molecule has 0 bridgehead atoms. The summed E-state index contributed by atoms with van der Waals surface area (Å²) in [6.45, 7) is 7.21. The molecule has 0 aliphatic carbocycles. The van der Waals surface area contributed by atoms with Crippen molar-refractivity contribution in [1.29, 1.82) is 0 Å². The molecule has 0 aromatic carbocycles. The molecule has 2 N–H and O–H groups in total. The van der Waals surface area contributed by atoms with Crippen LogP contribution in [0.5, 0.6) is 0 Å². The highest BCUT2D eigenvalue weighted by atomic mass is 28.1. The number of nitrogens with two attached hydrogens (primary N) is 1. The van der Waals surface area contributed by atoms with Gasteiger partial charge in [-0.25, -0.2) is 0 Å². The van der Waals surface area contributed by atoms with Crippen molar-refractivity contribution >= 4 is 10.2 Å². The van der Waals surface area contributed by atoms with E-state index in [9.17, 15) is 0 Å². The molecule has 0 aromatic rings. The summed E-state index contributed by atoms with van der Waals surface area (Å²) >= 11 is 0. The normalized spacial score (nSPS) is 14.3. The predicted octanol–water partition coefficient (Wildman–Crippen LogP) is -0.891. The van der Waals surface area contributed by atoms with E-state index in [0.717, 1.165) is 0 Å². The quantitative estimate of drug-likeness (QED) is 0.118. The first kappa shape index (κ1) is 29.8. The van der Waals surface area contributed by atoms with Gasteiger partial charge < -0.3 is 48.4 Å². The zero-order valence-electron chi connectivity index (χ0n) is 19.4. The molecule has 0 saturated carbocycles. The van der Waals surface area contributed by atoms with Crippen molar-refractivity contribution in [2.75, 3.05) is 101 Å². The molecule has 0 aromatic heterocycles. The predicted molar refractivity (Wildman–Crippen MR) is 116 cm³/mol. The summed E-state index contributed by atoms with van der Waals surface area (Å²) in [7, 11) is 5.37. The molecular formula is C19H43NO9Si. The summed E-state index contributed by atoms with van der Waals surface area (Å²) in [5, 5.41) is -1.08. The Morgan fingerprint density at radius 2 is 0.900 bits per heavy atom. The summed E-state index contributed by atoms with van der Waals surface area (Å²) in [6, 6.07) is 0. The zero-order chi connectivity index (χ0) is 22.6. The molecule has 0 fully saturated rings. The van der Waals surface area contributed by atoms with Crippen LogP contribution in [-0.4, -0.2) is 122 Å². The van der Waals surface area contributed by atoms with Crippen LogP contribution in [0.4, 0.5) is 0 Å². The minimum Gasteiger partial charge on any atom is -0.382 e. The minimum atomic E-state index is -1.11. The molecule has 0 rings (SSSR count). The van der Waals surface area contributed by atoms with Crippen molar-refractivity contribution in [3.63, 3.8) is 0 Å². The first-order valence-electron chi connectivity index (χ1n) is 10.4. The molecule has 0 saturated heterocycles. The molecule has 1 atom stereocenters. The topological polar surface area (TPSA) is 109 Å². The lowest BCUT2D eigenvalue weighted by Crippen LogP contribution is -2.66. The van der Waals surface area contributed by atoms with Gasteiger partial charge in [-0.3, -0.25) is 0 Å². The van der Waals surface area contributed by atoms with Gasteiger partial charge in [-0.05, 0) is 0 Å². The van der Waals surface area contributed by atoms with Crippen molar-refractivity contribution in [3.8, 4) is 0 Å².